The first kappa shape index (κ1) is 14.6. The number of rotatable bonds is 6. The quantitative estimate of drug-likeness (QED) is 0.823. The van der Waals surface area contributed by atoms with Crippen LogP contribution < -0.4 is 0 Å². The van der Waals surface area contributed by atoms with Crippen molar-refractivity contribution in [2.75, 3.05) is 13.2 Å². The first-order chi connectivity index (χ1) is 10.2. The number of ether oxygens (including phenoxy) is 1. The van der Waals surface area contributed by atoms with Gasteiger partial charge in [0, 0.05) is 20.2 Å². The lowest BCUT2D eigenvalue weighted by Crippen LogP contribution is -2.32. The van der Waals surface area contributed by atoms with Crippen LogP contribution in [0.25, 0.3) is 0 Å². The molecule has 3 heterocycles. The number of furan rings is 1. The van der Waals surface area contributed by atoms with Gasteiger partial charge in [-0.15, -0.1) is 0 Å². The van der Waals surface area contributed by atoms with Crippen molar-refractivity contribution in [3.05, 3.63) is 41.3 Å². The van der Waals surface area contributed by atoms with Crippen LogP contribution in [0.5, 0.6) is 0 Å². The van der Waals surface area contributed by atoms with E-state index in [0.717, 1.165) is 50.7 Å². The maximum atomic E-state index is 6.06. The maximum absolute atomic E-state index is 6.06. The molecule has 1 unspecified atom stereocenters. The Kier molecular flexibility index (Phi) is 4.63. The Balaban J connectivity index is 1.69. The van der Waals surface area contributed by atoms with E-state index in [-0.39, 0.29) is 0 Å². The van der Waals surface area contributed by atoms with Gasteiger partial charge >= 0.3 is 0 Å². The van der Waals surface area contributed by atoms with Crippen molar-refractivity contribution in [2.24, 2.45) is 7.05 Å². The minimum atomic E-state index is 0.302. The van der Waals surface area contributed by atoms with Gasteiger partial charge in [-0.1, -0.05) is 11.6 Å². The van der Waals surface area contributed by atoms with E-state index in [4.69, 9.17) is 20.8 Å². The Morgan fingerprint density at radius 2 is 2.38 bits per heavy atom. The van der Waals surface area contributed by atoms with Gasteiger partial charge in [0.1, 0.15) is 16.7 Å². The Bertz CT molecular complexity index is 561. The van der Waals surface area contributed by atoms with Crippen molar-refractivity contribution in [1.29, 1.82) is 0 Å². The first-order valence-corrected chi connectivity index (χ1v) is 7.62. The van der Waals surface area contributed by atoms with E-state index < -0.39 is 0 Å². The molecule has 0 saturated carbocycles. The van der Waals surface area contributed by atoms with E-state index in [1.165, 1.54) is 0 Å². The van der Waals surface area contributed by atoms with Crippen LogP contribution in [0.15, 0.2) is 29.0 Å². The fourth-order valence-corrected chi connectivity index (χ4v) is 2.80. The molecule has 0 aliphatic carbocycles. The van der Waals surface area contributed by atoms with Crippen molar-refractivity contribution in [2.45, 2.75) is 32.0 Å². The van der Waals surface area contributed by atoms with Crippen LogP contribution in [-0.2, 0) is 24.9 Å². The summed E-state index contributed by atoms with van der Waals surface area (Å²) in [4.78, 5) is 6.68. The molecule has 0 N–H and O–H groups in total. The van der Waals surface area contributed by atoms with Gasteiger partial charge in [0.05, 0.1) is 31.7 Å². The molecular formula is C15H20ClN3O2. The van der Waals surface area contributed by atoms with Gasteiger partial charge < -0.3 is 13.7 Å². The third-order valence-corrected chi connectivity index (χ3v) is 4.19. The number of hydrogen-bond donors (Lipinski definition) is 0. The molecule has 0 bridgehead atoms. The molecule has 0 amide bonds. The van der Waals surface area contributed by atoms with Crippen molar-refractivity contribution < 1.29 is 9.15 Å². The minimum absolute atomic E-state index is 0.302. The largest absolute Gasteiger partial charge is 0.468 e. The summed E-state index contributed by atoms with van der Waals surface area (Å²) in [5.41, 5.74) is 0. The van der Waals surface area contributed by atoms with Gasteiger partial charge in [0.15, 0.2) is 0 Å². The molecule has 5 nitrogen and oxygen atoms in total. The van der Waals surface area contributed by atoms with Gasteiger partial charge in [0.2, 0.25) is 0 Å². The molecule has 6 heteroatoms. The first-order valence-electron chi connectivity index (χ1n) is 7.25. The van der Waals surface area contributed by atoms with Gasteiger partial charge in [-0.05, 0) is 25.0 Å². The second kappa shape index (κ2) is 6.64. The number of aromatic nitrogens is 2. The molecular weight excluding hydrogens is 290 g/mol. The highest BCUT2D eigenvalue weighted by molar-refractivity contribution is 6.29. The smallest absolute Gasteiger partial charge is 0.128 e. The number of nitrogens with zero attached hydrogens (tertiary/aromatic N) is 3. The molecule has 0 spiro atoms. The topological polar surface area (TPSA) is 43.4 Å². The lowest BCUT2D eigenvalue weighted by Gasteiger charge is -2.24. The zero-order valence-corrected chi connectivity index (χ0v) is 12.9. The van der Waals surface area contributed by atoms with E-state index in [9.17, 15) is 0 Å². The fraction of sp³-hybridized carbons (Fsp3) is 0.533. The summed E-state index contributed by atoms with van der Waals surface area (Å²) >= 11 is 6.06. The maximum Gasteiger partial charge on any atom is 0.128 e. The van der Waals surface area contributed by atoms with Gasteiger partial charge in [-0.25, -0.2) is 4.98 Å². The molecule has 1 saturated heterocycles. The number of imidazole rings is 1. The highest BCUT2D eigenvalue weighted by atomic mass is 35.5. The van der Waals surface area contributed by atoms with Crippen molar-refractivity contribution >= 4 is 11.6 Å². The van der Waals surface area contributed by atoms with Crippen LogP contribution in [0.4, 0.5) is 0 Å². The zero-order chi connectivity index (χ0) is 14.7. The lowest BCUT2D eigenvalue weighted by molar-refractivity contribution is 0.0642. The van der Waals surface area contributed by atoms with Gasteiger partial charge in [-0.2, -0.15) is 0 Å². The van der Waals surface area contributed by atoms with Crippen LogP contribution in [-0.4, -0.2) is 33.7 Å². The van der Waals surface area contributed by atoms with E-state index in [2.05, 4.69) is 9.88 Å². The zero-order valence-electron chi connectivity index (χ0n) is 12.2. The van der Waals surface area contributed by atoms with Gasteiger partial charge in [0.25, 0.3) is 0 Å². The highest BCUT2D eigenvalue weighted by Crippen LogP contribution is 2.18. The molecule has 114 valence electrons. The molecule has 2 aromatic heterocycles. The molecule has 1 atom stereocenters. The van der Waals surface area contributed by atoms with Crippen LogP contribution in [0.1, 0.15) is 24.4 Å². The average molecular weight is 310 g/mol. The second-order valence-corrected chi connectivity index (χ2v) is 5.83. The molecule has 1 aliphatic heterocycles. The number of halogens is 1. The Morgan fingerprint density at radius 3 is 3.00 bits per heavy atom. The van der Waals surface area contributed by atoms with Crippen molar-refractivity contribution in [3.8, 4) is 0 Å². The van der Waals surface area contributed by atoms with Crippen LogP contribution in [0.3, 0.4) is 0 Å². The molecule has 1 aliphatic rings. The Hall–Kier alpha value is -1.30. The van der Waals surface area contributed by atoms with E-state index in [0.29, 0.717) is 11.3 Å². The number of hydrogen-bond acceptors (Lipinski definition) is 4. The summed E-state index contributed by atoms with van der Waals surface area (Å²) < 4.78 is 13.1. The summed E-state index contributed by atoms with van der Waals surface area (Å²) in [7, 11) is 1.93. The summed E-state index contributed by atoms with van der Waals surface area (Å²) in [6.07, 6.45) is 5.96. The molecule has 3 rings (SSSR count). The van der Waals surface area contributed by atoms with Crippen molar-refractivity contribution in [3.63, 3.8) is 0 Å². The SMILES string of the molecule is Cn1c(Cl)cnc1CN(Cc1ccco1)CC1CCCO1. The predicted octanol–water partition coefficient (Wildman–Crippen LogP) is 2.85. The third-order valence-electron chi connectivity index (χ3n) is 3.84. The standard InChI is InChI=1S/C15H20ClN3O2/c1-18-14(16)8-17-15(18)11-19(9-12-4-2-6-20-12)10-13-5-3-7-21-13/h2,4,6,8,13H,3,5,7,9-11H2,1H3. The highest BCUT2D eigenvalue weighted by Gasteiger charge is 2.21. The van der Waals surface area contributed by atoms with Crippen LogP contribution in [0.2, 0.25) is 5.15 Å². The van der Waals surface area contributed by atoms with Crippen LogP contribution >= 0.6 is 11.6 Å². The predicted molar refractivity (Wildman–Crippen MR) is 80.0 cm³/mol. The molecule has 0 radical (unpaired) electrons. The van der Waals surface area contributed by atoms with Crippen LogP contribution in [0, 0.1) is 0 Å². The lowest BCUT2D eigenvalue weighted by atomic mass is 10.2. The molecule has 1 fully saturated rings. The van der Waals surface area contributed by atoms with E-state index >= 15 is 0 Å². The monoisotopic (exact) mass is 309 g/mol. The third kappa shape index (κ3) is 3.67. The summed E-state index contributed by atoms with van der Waals surface area (Å²) in [5, 5.41) is 0.653. The van der Waals surface area contributed by atoms with Gasteiger partial charge in [-0.3, -0.25) is 4.90 Å². The summed E-state index contributed by atoms with van der Waals surface area (Å²) in [6, 6.07) is 3.91. The molecule has 0 aromatic carbocycles. The molecule has 2 aromatic rings. The average Bonchev–Trinajstić information content (AvgIpc) is 3.19. The van der Waals surface area contributed by atoms with E-state index in [1.54, 1.807) is 12.5 Å². The van der Waals surface area contributed by atoms with Crippen molar-refractivity contribution in [1.82, 2.24) is 14.5 Å². The Labute approximate surface area is 129 Å². The second-order valence-electron chi connectivity index (χ2n) is 5.44. The normalized spacial score (nSPS) is 18.7. The Morgan fingerprint density at radius 1 is 1.48 bits per heavy atom. The molecule has 21 heavy (non-hydrogen) atoms. The van der Waals surface area contributed by atoms with E-state index in [1.807, 2.05) is 23.7 Å². The summed E-state index contributed by atoms with van der Waals surface area (Å²) in [5.74, 6) is 1.90. The fourth-order valence-electron chi connectivity index (χ4n) is 2.66. The summed E-state index contributed by atoms with van der Waals surface area (Å²) in [6.45, 7) is 3.22. The minimum Gasteiger partial charge on any atom is -0.468 e.